The average Bonchev–Trinajstić information content (AvgIpc) is 3.06. The van der Waals surface area contributed by atoms with Crippen LogP contribution in [0.1, 0.15) is 76.7 Å². The summed E-state index contributed by atoms with van der Waals surface area (Å²) in [6.07, 6.45) is 5.19. The second kappa shape index (κ2) is 17.0. The lowest BCUT2D eigenvalue weighted by molar-refractivity contribution is -0.0177. The van der Waals surface area contributed by atoms with Gasteiger partial charge in [0.25, 0.3) is 11.8 Å². The highest BCUT2D eigenvalue weighted by atomic mass is 16.5. The lowest BCUT2D eigenvalue weighted by atomic mass is 10.0. The van der Waals surface area contributed by atoms with Crippen molar-refractivity contribution in [2.75, 3.05) is 38.7 Å². The number of pyridine rings is 1. The van der Waals surface area contributed by atoms with E-state index in [2.05, 4.69) is 15.2 Å². The number of carbonyl (C=O) groups excluding carboxylic acids is 2. The maximum Gasteiger partial charge on any atom is 0.335 e. The van der Waals surface area contributed by atoms with Crippen molar-refractivity contribution >= 4 is 23.5 Å². The minimum absolute atomic E-state index is 0.106. The third-order valence-electron chi connectivity index (χ3n) is 8.40. The van der Waals surface area contributed by atoms with Gasteiger partial charge in [-0.25, -0.2) is 4.79 Å². The summed E-state index contributed by atoms with van der Waals surface area (Å²) in [5.41, 5.74) is 2.41. The molecule has 0 saturated carbocycles. The number of ether oxygens (including phenoxy) is 2. The van der Waals surface area contributed by atoms with Gasteiger partial charge in [-0.3, -0.25) is 19.5 Å². The van der Waals surface area contributed by atoms with Crippen LogP contribution < -0.4 is 10.1 Å². The van der Waals surface area contributed by atoms with Gasteiger partial charge in [0.15, 0.2) is 0 Å². The molecule has 3 aromatic rings. The number of fused-ring (bicyclic) bond motifs is 1. The van der Waals surface area contributed by atoms with Crippen LogP contribution in [0.3, 0.4) is 0 Å². The summed E-state index contributed by atoms with van der Waals surface area (Å²) in [5, 5.41) is 22.3. The van der Waals surface area contributed by atoms with E-state index in [0.29, 0.717) is 48.8 Å². The third-order valence-corrected chi connectivity index (χ3v) is 8.40. The van der Waals surface area contributed by atoms with Crippen molar-refractivity contribution in [3.8, 4) is 5.75 Å². The summed E-state index contributed by atoms with van der Waals surface area (Å²) >= 11 is 0. The van der Waals surface area contributed by atoms with Gasteiger partial charge in [0.2, 0.25) is 0 Å². The molecule has 0 fully saturated rings. The molecule has 0 radical (unpaired) electrons. The zero-order valence-corrected chi connectivity index (χ0v) is 27.6. The van der Waals surface area contributed by atoms with Gasteiger partial charge in [0.1, 0.15) is 5.75 Å². The first-order valence-corrected chi connectivity index (χ1v) is 16.1. The van der Waals surface area contributed by atoms with Gasteiger partial charge in [0.05, 0.1) is 36.0 Å². The van der Waals surface area contributed by atoms with Crippen LogP contribution in [0.2, 0.25) is 0 Å². The number of carbonyl (C=O) groups is 3. The SMILES string of the molecule is C[C@@H]1CCCCO[C@@H](CN(C)Cc2ccc(C(=O)O)cc2)[C@H](C)CN([C@@H](C)CO)C(=O)c2cc(NC(=O)c3ccncc3)ccc2O1. The molecule has 11 heteroatoms. The van der Waals surface area contributed by atoms with Crippen molar-refractivity contribution < 1.29 is 34.1 Å². The molecule has 0 unspecified atom stereocenters. The number of nitrogens with one attached hydrogen (secondary N) is 1. The molecule has 0 aliphatic carbocycles. The Hall–Kier alpha value is -4.32. The van der Waals surface area contributed by atoms with E-state index in [0.717, 1.165) is 24.8 Å². The number of aromatic carboxylic acids is 1. The molecule has 1 aliphatic heterocycles. The fourth-order valence-corrected chi connectivity index (χ4v) is 5.61. The average molecular weight is 647 g/mol. The number of aliphatic hydroxyl groups is 1. The van der Waals surface area contributed by atoms with E-state index in [-0.39, 0.29) is 42.1 Å². The Morgan fingerprint density at radius 3 is 2.47 bits per heavy atom. The van der Waals surface area contributed by atoms with Crippen LogP contribution in [0, 0.1) is 5.92 Å². The number of carboxylic acids is 1. The number of hydrogen-bond donors (Lipinski definition) is 3. The molecule has 11 nitrogen and oxygen atoms in total. The number of anilines is 1. The first-order valence-electron chi connectivity index (χ1n) is 16.1. The molecule has 3 N–H and O–H groups in total. The van der Waals surface area contributed by atoms with Crippen LogP contribution in [-0.2, 0) is 11.3 Å². The lowest BCUT2D eigenvalue weighted by Gasteiger charge is -2.36. The second-order valence-electron chi connectivity index (χ2n) is 12.4. The quantitative estimate of drug-likeness (QED) is 0.294. The third kappa shape index (κ3) is 10.1. The molecule has 0 spiro atoms. The van der Waals surface area contributed by atoms with Crippen molar-refractivity contribution in [3.63, 3.8) is 0 Å². The Kier molecular flexibility index (Phi) is 12.9. The number of nitrogens with zero attached hydrogens (tertiary/aromatic N) is 3. The maximum atomic E-state index is 14.3. The van der Waals surface area contributed by atoms with Crippen molar-refractivity contribution in [2.45, 2.75) is 64.8 Å². The van der Waals surface area contributed by atoms with Crippen molar-refractivity contribution in [2.24, 2.45) is 5.92 Å². The number of likely N-dealkylation sites (N-methyl/N-ethyl adjacent to an activating group) is 1. The molecular weight excluding hydrogens is 600 g/mol. The predicted molar refractivity (Wildman–Crippen MR) is 179 cm³/mol. The van der Waals surface area contributed by atoms with Gasteiger partial charge in [-0.1, -0.05) is 19.1 Å². The zero-order valence-electron chi connectivity index (χ0n) is 27.6. The summed E-state index contributed by atoms with van der Waals surface area (Å²) < 4.78 is 12.7. The Bertz CT molecular complexity index is 1480. The van der Waals surface area contributed by atoms with Crippen molar-refractivity contribution in [1.29, 1.82) is 0 Å². The van der Waals surface area contributed by atoms with Gasteiger partial charge in [-0.05, 0) is 88.2 Å². The molecule has 2 heterocycles. The summed E-state index contributed by atoms with van der Waals surface area (Å²) in [6.45, 7) is 7.63. The van der Waals surface area contributed by atoms with Gasteiger partial charge in [-0.2, -0.15) is 0 Å². The number of aliphatic hydroxyl groups excluding tert-OH is 1. The number of benzene rings is 2. The Morgan fingerprint density at radius 1 is 1.06 bits per heavy atom. The molecule has 0 bridgehead atoms. The van der Waals surface area contributed by atoms with E-state index in [1.165, 1.54) is 0 Å². The van der Waals surface area contributed by atoms with Crippen LogP contribution in [0.4, 0.5) is 5.69 Å². The molecule has 2 aromatic carbocycles. The number of amides is 2. The molecule has 1 aliphatic rings. The number of hydrogen-bond acceptors (Lipinski definition) is 8. The number of rotatable bonds is 9. The lowest BCUT2D eigenvalue weighted by Crippen LogP contribution is -2.47. The smallest absolute Gasteiger partial charge is 0.335 e. The topological polar surface area (TPSA) is 142 Å². The highest BCUT2D eigenvalue weighted by Crippen LogP contribution is 2.29. The molecule has 1 aromatic heterocycles. The highest BCUT2D eigenvalue weighted by molar-refractivity contribution is 6.05. The number of carboxylic acid groups (broad SMARTS) is 1. The van der Waals surface area contributed by atoms with Gasteiger partial charge in [-0.15, -0.1) is 0 Å². The largest absolute Gasteiger partial charge is 0.490 e. The highest BCUT2D eigenvalue weighted by Gasteiger charge is 2.30. The van der Waals surface area contributed by atoms with Crippen LogP contribution in [0.5, 0.6) is 5.75 Å². The minimum atomic E-state index is -0.961. The molecule has 0 saturated heterocycles. The summed E-state index contributed by atoms with van der Waals surface area (Å²) in [6, 6.07) is 14.6. The fourth-order valence-electron chi connectivity index (χ4n) is 5.61. The van der Waals surface area contributed by atoms with E-state index in [9.17, 15) is 24.6 Å². The van der Waals surface area contributed by atoms with Gasteiger partial charge >= 0.3 is 5.97 Å². The normalized spacial score (nSPS) is 20.1. The Morgan fingerprint density at radius 2 is 1.79 bits per heavy atom. The molecule has 47 heavy (non-hydrogen) atoms. The van der Waals surface area contributed by atoms with Crippen LogP contribution >= 0.6 is 0 Å². The number of aromatic nitrogens is 1. The molecule has 4 atom stereocenters. The molecule has 252 valence electrons. The second-order valence-corrected chi connectivity index (χ2v) is 12.4. The summed E-state index contributed by atoms with van der Waals surface area (Å²) in [7, 11) is 1.99. The van der Waals surface area contributed by atoms with E-state index in [1.54, 1.807) is 66.7 Å². The minimum Gasteiger partial charge on any atom is -0.490 e. The van der Waals surface area contributed by atoms with Crippen molar-refractivity contribution in [1.82, 2.24) is 14.8 Å². The Balaban J connectivity index is 1.59. The van der Waals surface area contributed by atoms with Crippen LogP contribution in [0.15, 0.2) is 67.0 Å². The van der Waals surface area contributed by atoms with E-state index < -0.39 is 12.0 Å². The van der Waals surface area contributed by atoms with Crippen LogP contribution in [0.25, 0.3) is 0 Å². The van der Waals surface area contributed by atoms with E-state index in [4.69, 9.17) is 9.47 Å². The van der Waals surface area contributed by atoms with Crippen molar-refractivity contribution in [3.05, 3.63) is 89.2 Å². The Labute approximate surface area is 276 Å². The first-order chi connectivity index (χ1) is 22.5. The van der Waals surface area contributed by atoms with Crippen LogP contribution in [-0.4, -0.2) is 94.4 Å². The summed E-state index contributed by atoms with van der Waals surface area (Å²) in [4.78, 5) is 46.2. The zero-order chi connectivity index (χ0) is 33.9. The fraction of sp³-hybridized carbons (Fsp3) is 0.444. The van der Waals surface area contributed by atoms with Gasteiger partial charge < -0.3 is 29.9 Å². The first kappa shape index (κ1) is 35.5. The molecule has 2 amide bonds. The molecule has 4 rings (SSSR count). The molecular formula is C36H46N4O7. The maximum absolute atomic E-state index is 14.3. The monoisotopic (exact) mass is 646 g/mol. The van der Waals surface area contributed by atoms with E-state index in [1.807, 2.05) is 33.0 Å². The predicted octanol–water partition coefficient (Wildman–Crippen LogP) is 4.96. The van der Waals surface area contributed by atoms with E-state index >= 15 is 0 Å². The summed E-state index contributed by atoms with van der Waals surface area (Å²) in [5.74, 6) is -1.29. The standard InChI is InChI=1S/C36H46N4O7/c1-24-20-40(25(2)23-41)35(43)31-19-30(38-34(42)28-14-16-37-17-15-28)12-13-32(31)47-26(3)7-5-6-18-46-33(24)22-39(4)21-27-8-10-29(11-9-27)36(44)45/h8-17,19,24-26,33,41H,5-7,18,20-23H2,1-4H3,(H,38,42)(H,44,45)/t24-,25+,26-,33+/m1/s1. The van der Waals surface area contributed by atoms with Gasteiger partial charge in [0, 0.05) is 55.8 Å².